The van der Waals surface area contributed by atoms with Crippen LogP contribution in [-0.4, -0.2) is 15.9 Å². The van der Waals surface area contributed by atoms with Crippen LogP contribution in [0.3, 0.4) is 0 Å². The summed E-state index contributed by atoms with van der Waals surface area (Å²) < 4.78 is 0. The Morgan fingerprint density at radius 2 is 2.26 bits per heavy atom. The minimum Gasteiger partial charge on any atom is -0.367 e. The molecule has 104 valence electrons. The highest BCUT2D eigenvalue weighted by molar-refractivity contribution is 5.48. The number of aryl methyl sites for hydroxylation is 1. The standard InChI is InChI=1S/C14H21N3O2/c1-10-7-12(17(18)19)9-15-13(10)16-11-5-4-6-14(2,3)8-11/h7,9,11H,4-6,8H2,1-3H3,(H,15,16). The predicted octanol–water partition coefficient (Wildman–Crippen LogP) is 3.68. The van der Waals surface area contributed by atoms with Crippen LogP contribution in [0.1, 0.15) is 45.1 Å². The van der Waals surface area contributed by atoms with Crippen LogP contribution in [-0.2, 0) is 0 Å². The molecule has 19 heavy (non-hydrogen) atoms. The number of rotatable bonds is 3. The summed E-state index contributed by atoms with van der Waals surface area (Å²) in [4.78, 5) is 14.5. The van der Waals surface area contributed by atoms with E-state index >= 15 is 0 Å². The van der Waals surface area contributed by atoms with Gasteiger partial charge in [0.05, 0.1) is 4.92 Å². The quantitative estimate of drug-likeness (QED) is 0.667. The highest BCUT2D eigenvalue weighted by atomic mass is 16.6. The van der Waals surface area contributed by atoms with Gasteiger partial charge in [0.15, 0.2) is 0 Å². The van der Waals surface area contributed by atoms with Crippen molar-refractivity contribution in [3.63, 3.8) is 0 Å². The Morgan fingerprint density at radius 1 is 1.53 bits per heavy atom. The zero-order chi connectivity index (χ0) is 14.0. The Hall–Kier alpha value is -1.65. The second-order valence-electron chi connectivity index (χ2n) is 6.22. The topological polar surface area (TPSA) is 68.1 Å². The van der Waals surface area contributed by atoms with E-state index in [1.165, 1.54) is 19.0 Å². The molecule has 1 aromatic heterocycles. The fourth-order valence-electron chi connectivity index (χ4n) is 2.83. The van der Waals surface area contributed by atoms with Gasteiger partial charge in [-0.05, 0) is 37.2 Å². The zero-order valence-electron chi connectivity index (χ0n) is 11.8. The normalized spacial score (nSPS) is 21.9. The molecule has 0 bridgehead atoms. The van der Waals surface area contributed by atoms with Gasteiger partial charge in [0, 0.05) is 12.1 Å². The Kier molecular flexibility index (Phi) is 3.73. The number of nitrogens with one attached hydrogen (secondary N) is 1. The van der Waals surface area contributed by atoms with Gasteiger partial charge in [-0.25, -0.2) is 4.98 Å². The lowest BCUT2D eigenvalue weighted by Gasteiger charge is -2.36. The summed E-state index contributed by atoms with van der Waals surface area (Å²) in [5, 5.41) is 14.1. The van der Waals surface area contributed by atoms with E-state index in [9.17, 15) is 10.1 Å². The van der Waals surface area contributed by atoms with E-state index < -0.39 is 4.92 Å². The smallest absolute Gasteiger partial charge is 0.287 e. The SMILES string of the molecule is Cc1cc([N+](=O)[O-])cnc1NC1CCCC(C)(C)C1. The number of hydrogen-bond donors (Lipinski definition) is 1. The molecule has 1 saturated carbocycles. The first kappa shape index (κ1) is 13.8. The number of anilines is 1. The lowest BCUT2D eigenvalue weighted by atomic mass is 9.75. The van der Waals surface area contributed by atoms with Crippen LogP contribution in [0.25, 0.3) is 0 Å². The number of pyridine rings is 1. The highest BCUT2D eigenvalue weighted by Crippen LogP contribution is 2.36. The molecule has 1 unspecified atom stereocenters. The lowest BCUT2D eigenvalue weighted by Crippen LogP contribution is -2.32. The lowest BCUT2D eigenvalue weighted by molar-refractivity contribution is -0.385. The molecule has 1 aliphatic rings. The first-order chi connectivity index (χ1) is 8.87. The van der Waals surface area contributed by atoms with Crippen molar-refractivity contribution in [1.82, 2.24) is 4.98 Å². The molecule has 1 atom stereocenters. The maximum Gasteiger partial charge on any atom is 0.287 e. The molecule has 0 amide bonds. The molecule has 2 rings (SSSR count). The first-order valence-electron chi connectivity index (χ1n) is 6.75. The fraction of sp³-hybridized carbons (Fsp3) is 0.643. The number of nitro groups is 1. The third kappa shape index (κ3) is 3.43. The average molecular weight is 263 g/mol. The summed E-state index contributed by atoms with van der Waals surface area (Å²) in [6.45, 7) is 6.43. The molecule has 0 radical (unpaired) electrons. The molecule has 0 saturated heterocycles. The van der Waals surface area contributed by atoms with Crippen molar-refractivity contribution in [1.29, 1.82) is 0 Å². The molecule has 1 N–H and O–H groups in total. The van der Waals surface area contributed by atoms with Crippen LogP contribution in [0.5, 0.6) is 0 Å². The molecule has 0 aromatic carbocycles. The molecule has 1 fully saturated rings. The minimum atomic E-state index is -0.409. The van der Waals surface area contributed by atoms with Crippen molar-refractivity contribution in [2.24, 2.45) is 5.41 Å². The van der Waals surface area contributed by atoms with Gasteiger partial charge in [-0.1, -0.05) is 20.3 Å². The number of nitrogens with zero attached hydrogens (tertiary/aromatic N) is 2. The molecular formula is C14H21N3O2. The zero-order valence-corrected chi connectivity index (χ0v) is 11.8. The molecule has 1 aromatic rings. The third-order valence-corrected chi connectivity index (χ3v) is 3.82. The Labute approximate surface area is 113 Å². The van der Waals surface area contributed by atoms with Gasteiger partial charge in [-0.3, -0.25) is 10.1 Å². The van der Waals surface area contributed by atoms with Crippen molar-refractivity contribution in [3.8, 4) is 0 Å². The van der Waals surface area contributed by atoms with E-state index in [1.807, 2.05) is 6.92 Å². The van der Waals surface area contributed by atoms with Crippen LogP contribution >= 0.6 is 0 Å². The maximum atomic E-state index is 10.7. The van der Waals surface area contributed by atoms with E-state index in [-0.39, 0.29) is 5.69 Å². The summed E-state index contributed by atoms with van der Waals surface area (Å²) >= 11 is 0. The average Bonchev–Trinajstić information content (AvgIpc) is 2.30. The molecule has 1 aliphatic carbocycles. The van der Waals surface area contributed by atoms with E-state index in [4.69, 9.17) is 0 Å². The summed E-state index contributed by atoms with van der Waals surface area (Å²) in [5.41, 5.74) is 1.24. The molecule has 1 heterocycles. The van der Waals surface area contributed by atoms with Gasteiger partial charge in [0.25, 0.3) is 5.69 Å². The summed E-state index contributed by atoms with van der Waals surface area (Å²) in [5.74, 6) is 0.772. The summed E-state index contributed by atoms with van der Waals surface area (Å²) in [6.07, 6.45) is 6.06. The van der Waals surface area contributed by atoms with E-state index in [0.717, 1.165) is 24.2 Å². The van der Waals surface area contributed by atoms with Gasteiger partial charge in [-0.15, -0.1) is 0 Å². The van der Waals surface area contributed by atoms with Gasteiger partial charge >= 0.3 is 0 Å². The van der Waals surface area contributed by atoms with Crippen molar-refractivity contribution in [2.45, 2.75) is 52.5 Å². The largest absolute Gasteiger partial charge is 0.367 e. The highest BCUT2D eigenvalue weighted by Gasteiger charge is 2.28. The van der Waals surface area contributed by atoms with Crippen LogP contribution in [0.4, 0.5) is 11.5 Å². The van der Waals surface area contributed by atoms with Gasteiger partial charge in [0.2, 0.25) is 0 Å². The third-order valence-electron chi connectivity index (χ3n) is 3.82. The molecule has 0 spiro atoms. The van der Waals surface area contributed by atoms with Crippen molar-refractivity contribution in [2.75, 3.05) is 5.32 Å². The fourth-order valence-corrected chi connectivity index (χ4v) is 2.83. The monoisotopic (exact) mass is 263 g/mol. The summed E-state index contributed by atoms with van der Waals surface area (Å²) in [6, 6.07) is 1.99. The molecule has 0 aliphatic heterocycles. The van der Waals surface area contributed by atoms with Crippen LogP contribution < -0.4 is 5.32 Å². The minimum absolute atomic E-state index is 0.0482. The molecular weight excluding hydrogens is 242 g/mol. The number of aromatic nitrogens is 1. The molecule has 5 nitrogen and oxygen atoms in total. The van der Waals surface area contributed by atoms with E-state index in [1.54, 1.807) is 6.07 Å². The predicted molar refractivity (Wildman–Crippen MR) is 75.3 cm³/mol. The Bertz CT molecular complexity index is 486. The van der Waals surface area contributed by atoms with Crippen molar-refractivity contribution in [3.05, 3.63) is 27.9 Å². The first-order valence-corrected chi connectivity index (χ1v) is 6.75. The Balaban J connectivity index is 2.09. The molecule has 5 heteroatoms. The van der Waals surface area contributed by atoms with E-state index in [0.29, 0.717) is 11.5 Å². The van der Waals surface area contributed by atoms with Gasteiger partial charge in [0.1, 0.15) is 12.0 Å². The second kappa shape index (κ2) is 5.15. The Morgan fingerprint density at radius 3 is 2.84 bits per heavy atom. The second-order valence-corrected chi connectivity index (χ2v) is 6.22. The van der Waals surface area contributed by atoms with Crippen molar-refractivity contribution >= 4 is 11.5 Å². The van der Waals surface area contributed by atoms with Crippen LogP contribution in [0.15, 0.2) is 12.3 Å². The van der Waals surface area contributed by atoms with Crippen molar-refractivity contribution < 1.29 is 4.92 Å². The summed E-state index contributed by atoms with van der Waals surface area (Å²) in [7, 11) is 0. The van der Waals surface area contributed by atoms with Crippen LogP contribution in [0, 0.1) is 22.5 Å². The van der Waals surface area contributed by atoms with Crippen LogP contribution in [0.2, 0.25) is 0 Å². The maximum absolute atomic E-state index is 10.7. The van der Waals surface area contributed by atoms with E-state index in [2.05, 4.69) is 24.1 Å². The van der Waals surface area contributed by atoms with Gasteiger partial charge < -0.3 is 5.32 Å². The van der Waals surface area contributed by atoms with Gasteiger partial charge in [-0.2, -0.15) is 0 Å². The number of hydrogen-bond acceptors (Lipinski definition) is 4.